The quantitative estimate of drug-likeness (QED) is 0.780. The summed E-state index contributed by atoms with van der Waals surface area (Å²) in [6.45, 7) is 4.48. The van der Waals surface area contributed by atoms with Crippen molar-refractivity contribution in [1.82, 2.24) is 5.32 Å². The number of aryl methyl sites for hydroxylation is 2. The van der Waals surface area contributed by atoms with Crippen molar-refractivity contribution < 1.29 is 9.90 Å². The van der Waals surface area contributed by atoms with Gasteiger partial charge in [0.15, 0.2) is 0 Å². The lowest BCUT2D eigenvalue weighted by atomic mass is 9.87. The summed E-state index contributed by atoms with van der Waals surface area (Å²) in [7, 11) is 0. The highest BCUT2D eigenvalue weighted by Crippen LogP contribution is 2.24. The Labute approximate surface area is 133 Å². The van der Waals surface area contributed by atoms with Crippen LogP contribution in [0.3, 0.4) is 0 Å². The fourth-order valence-corrected chi connectivity index (χ4v) is 3.10. The van der Waals surface area contributed by atoms with Gasteiger partial charge in [-0.05, 0) is 61.6 Å². The Kier molecular flexibility index (Phi) is 6.25. The topological polar surface area (TPSA) is 61.4 Å². The first kappa shape index (κ1) is 16.8. The van der Waals surface area contributed by atoms with E-state index in [4.69, 9.17) is 5.11 Å². The van der Waals surface area contributed by atoms with Crippen LogP contribution in [0.25, 0.3) is 0 Å². The van der Waals surface area contributed by atoms with Gasteiger partial charge in [0.05, 0.1) is 0 Å². The highest BCUT2D eigenvalue weighted by atomic mass is 16.3. The van der Waals surface area contributed by atoms with Crippen LogP contribution in [-0.4, -0.2) is 23.8 Å². The summed E-state index contributed by atoms with van der Waals surface area (Å²) in [6.07, 6.45) is 5.76. The average molecular weight is 304 g/mol. The van der Waals surface area contributed by atoms with Crippen LogP contribution in [0.2, 0.25) is 0 Å². The third-order valence-corrected chi connectivity index (χ3v) is 4.65. The molecule has 1 aliphatic carbocycles. The number of aliphatic hydroxyl groups is 1. The van der Waals surface area contributed by atoms with Crippen LogP contribution in [0.15, 0.2) is 18.2 Å². The molecule has 2 rings (SSSR count). The molecule has 2 amide bonds. The molecule has 0 heterocycles. The molecule has 0 aliphatic heterocycles. The smallest absolute Gasteiger partial charge is 0.319 e. The Bertz CT molecular complexity index is 494. The van der Waals surface area contributed by atoms with Crippen LogP contribution < -0.4 is 10.6 Å². The first-order valence-corrected chi connectivity index (χ1v) is 8.46. The SMILES string of the molecule is CCc1ccc(CC)c(NC(=O)NC2CCC(CO)CC2)c1. The number of nitrogens with one attached hydrogen (secondary N) is 2. The second-order valence-electron chi connectivity index (χ2n) is 6.20. The first-order valence-electron chi connectivity index (χ1n) is 8.46. The van der Waals surface area contributed by atoms with Crippen LogP contribution in [0, 0.1) is 5.92 Å². The average Bonchev–Trinajstić information content (AvgIpc) is 2.55. The van der Waals surface area contributed by atoms with Crippen LogP contribution in [0.1, 0.15) is 50.7 Å². The maximum atomic E-state index is 12.2. The van der Waals surface area contributed by atoms with E-state index in [2.05, 4.69) is 42.7 Å². The lowest BCUT2D eigenvalue weighted by Crippen LogP contribution is -2.40. The molecule has 22 heavy (non-hydrogen) atoms. The van der Waals surface area contributed by atoms with Crippen molar-refractivity contribution >= 4 is 11.7 Å². The van der Waals surface area contributed by atoms with E-state index in [9.17, 15) is 4.79 Å². The molecule has 4 nitrogen and oxygen atoms in total. The molecule has 1 fully saturated rings. The fourth-order valence-electron chi connectivity index (χ4n) is 3.10. The molecular formula is C18H28N2O2. The van der Waals surface area contributed by atoms with E-state index in [1.807, 2.05) is 0 Å². The number of hydrogen-bond acceptors (Lipinski definition) is 2. The summed E-state index contributed by atoms with van der Waals surface area (Å²) in [4.78, 5) is 12.2. The minimum absolute atomic E-state index is 0.115. The predicted octanol–water partition coefficient (Wildman–Crippen LogP) is 3.48. The second kappa shape index (κ2) is 8.18. The van der Waals surface area contributed by atoms with Crippen LogP contribution in [0.5, 0.6) is 0 Å². The summed E-state index contributed by atoms with van der Waals surface area (Å²) >= 11 is 0. The molecule has 1 aromatic carbocycles. The third-order valence-electron chi connectivity index (χ3n) is 4.65. The highest BCUT2D eigenvalue weighted by Gasteiger charge is 2.22. The number of benzene rings is 1. The van der Waals surface area contributed by atoms with Gasteiger partial charge >= 0.3 is 6.03 Å². The van der Waals surface area contributed by atoms with Crippen molar-refractivity contribution in [3.63, 3.8) is 0 Å². The normalized spacial score (nSPS) is 21.4. The molecule has 1 saturated carbocycles. The predicted molar refractivity (Wildman–Crippen MR) is 90.2 cm³/mol. The van der Waals surface area contributed by atoms with Gasteiger partial charge in [-0.25, -0.2) is 4.79 Å². The van der Waals surface area contributed by atoms with Crippen LogP contribution >= 0.6 is 0 Å². The Morgan fingerprint density at radius 2 is 1.91 bits per heavy atom. The van der Waals surface area contributed by atoms with Crippen molar-refractivity contribution in [2.75, 3.05) is 11.9 Å². The molecule has 0 saturated heterocycles. The largest absolute Gasteiger partial charge is 0.396 e. The van der Waals surface area contributed by atoms with E-state index in [1.54, 1.807) is 0 Å². The highest BCUT2D eigenvalue weighted by molar-refractivity contribution is 5.90. The minimum Gasteiger partial charge on any atom is -0.396 e. The third kappa shape index (κ3) is 4.47. The van der Waals surface area contributed by atoms with Crippen molar-refractivity contribution in [2.24, 2.45) is 5.92 Å². The molecule has 3 N–H and O–H groups in total. The fraction of sp³-hybridized carbons (Fsp3) is 0.611. The van der Waals surface area contributed by atoms with Gasteiger partial charge in [0.2, 0.25) is 0 Å². The molecule has 0 unspecified atom stereocenters. The van der Waals surface area contributed by atoms with Crippen LogP contribution in [0.4, 0.5) is 10.5 Å². The number of rotatable bonds is 5. The Balaban J connectivity index is 1.92. The number of anilines is 1. The molecule has 122 valence electrons. The molecule has 0 radical (unpaired) electrons. The summed E-state index contributed by atoms with van der Waals surface area (Å²) in [5, 5.41) is 15.2. The molecule has 1 aliphatic rings. The van der Waals surface area contributed by atoms with E-state index in [0.717, 1.165) is 49.8 Å². The Morgan fingerprint density at radius 1 is 1.18 bits per heavy atom. The van der Waals surface area contributed by atoms with Crippen molar-refractivity contribution in [3.05, 3.63) is 29.3 Å². The molecule has 4 heteroatoms. The van der Waals surface area contributed by atoms with E-state index in [-0.39, 0.29) is 18.7 Å². The van der Waals surface area contributed by atoms with Gasteiger partial charge in [-0.1, -0.05) is 26.0 Å². The molecule has 0 atom stereocenters. The maximum Gasteiger partial charge on any atom is 0.319 e. The zero-order chi connectivity index (χ0) is 15.9. The number of hydrogen-bond donors (Lipinski definition) is 3. The molecule has 0 aromatic heterocycles. The number of amides is 2. The van der Waals surface area contributed by atoms with Crippen molar-refractivity contribution in [1.29, 1.82) is 0 Å². The number of carbonyl (C=O) groups is 1. The zero-order valence-corrected chi connectivity index (χ0v) is 13.7. The van der Waals surface area contributed by atoms with Gasteiger partial charge in [-0.15, -0.1) is 0 Å². The molecule has 0 bridgehead atoms. The van der Waals surface area contributed by atoms with E-state index in [1.165, 1.54) is 5.56 Å². The number of carbonyl (C=O) groups excluding carboxylic acids is 1. The Morgan fingerprint density at radius 3 is 2.50 bits per heavy atom. The summed E-state index contributed by atoms with van der Waals surface area (Å²) in [5.41, 5.74) is 3.32. The lowest BCUT2D eigenvalue weighted by molar-refractivity contribution is 0.176. The summed E-state index contributed by atoms with van der Waals surface area (Å²) < 4.78 is 0. The molecule has 0 spiro atoms. The zero-order valence-electron chi connectivity index (χ0n) is 13.7. The standard InChI is InChI=1S/C18H28N2O2/c1-3-13-5-8-15(4-2)17(11-13)20-18(22)19-16-9-6-14(12-21)7-10-16/h5,8,11,14,16,21H,3-4,6-7,9-10,12H2,1-2H3,(H2,19,20,22). The van der Waals surface area contributed by atoms with Gasteiger partial charge in [0.25, 0.3) is 0 Å². The van der Waals surface area contributed by atoms with E-state index < -0.39 is 0 Å². The number of urea groups is 1. The van der Waals surface area contributed by atoms with Crippen molar-refractivity contribution in [3.8, 4) is 0 Å². The second-order valence-corrected chi connectivity index (χ2v) is 6.20. The van der Waals surface area contributed by atoms with Gasteiger partial charge in [0, 0.05) is 18.3 Å². The van der Waals surface area contributed by atoms with Gasteiger partial charge < -0.3 is 15.7 Å². The molecule has 1 aromatic rings. The molecular weight excluding hydrogens is 276 g/mol. The van der Waals surface area contributed by atoms with E-state index >= 15 is 0 Å². The van der Waals surface area contributed by atoms with Gasteiger partial charge in [-0.3, -0.25) is 0 Å². The van der Waals surface area contributed by atoms with Gasteiger partial charge in [-0.2, -0.15) is 0 Å². The summed E-state index contributed by atoms with van der Waals surface area (Å²) in [6, 6.07) is 6.40. The lowest BCUT2D eigenvalue weighted by Gasteiger charge is -2.28. The van der Waals surface area contributed by atoms with Crippen LogP contribution in [-0.2, 0) is 12.8 Å². The van der Waals surface area contributed by atoms with Gasteiger partial charge in [0.1, 0.15) is 0 Å². The van der Waals surface area contributed by atoms with Crippen molar-refractivity contribution in [2.45, 2.75) is 58.4 Å². The van der Waals surface area contributed by atoms with E-state index in [0.29, 0.717) is 5.92 Å². The minimum atomic E-state index is -0.115. The Hall–Kier alpha value is -1.55. The maximum absolute atomic E-state index is 12.2. The monoisotopic (exact) mass is 304 g/mol. The number of aliphatic hydroxyl groups excluding tert-OH is 1. The summed E-state index contributed by atoms with van der Waals surface area (Å²) in [5.74, 6) is 0.411. The first-order chi connectivity index (χ1) is 10.7.